The number of amides is 3. The van der Waals surface area contributed by atoms with Gasteiger partial charge in [0.05, 0.1) is 24.3 Å². The summed E-state index contributed by atoms with van der Waals surface area (Å²) >= 11 is 0. The van der Waals surface area contributed by atoms with Crippen LogP contribution in [0.3, 0.4) is 0 Å². The normalized spacial score (nSPS) is 22.6. The molecule has 1 N–H and O–H groups in total. The highest BCUT2D eigenvalue weighted by Crippen LogP contribution is 2.28. The molecule has 0 aromatic carbocycles. The van der Waals surface area contributed by atoms with Crippen molar-refractivity contribution in [1.82, 2.24) is 24.8 Å². The quantitative estimate of drug-likeness (QED) is 0.763. The van der Waals surface area contributed by atoms with Crippen molar-refractivity contribution in [3.8, 4) is 0 Å². The molecule has 11 nitrogen and oxygen atoms in total. The summed E-state index contributed by atoms with van der Waals surface area (Å²) in [6.45, 7) is 3.18. The van der Waals surface area contributed by atoms with Crippen molar-refractivity contribution in [2.24, 2.45) is 11.1 Å². The molecular weight excluding hydrogens is 400 g/mol. The topological polar surface area (TPSA) is 116 Å². The van der Waals surface area contributed by atoms with Gasteiger partial charge in [-0.05, 0) is 18.2 Å². The zero-order valence-corrected chi connectivity index (χ0v) is 16.8. The summed E-state index contributed by atoms with van der Waals surface area (Å²) in [6, 6.07) is 5.06. The van der Waals surface area contributed by atoms with Crippen molar-refractivity contribution in [3.63, 3.8) is 0 Å². The van der Waals surface area contributed by atoms with Gasteiger partial charge in [0.2, 0.25) is 5.95 Å². The number of hydrogen-bond acceptors (Lipinski definition) is 8. The number of hydrogen-bond donors (Lipinski definition) is 1. The average molecular weight is 422 g/mol. The zero-order valence-electron chi connectivity index (χ0n) is 16.8. The third-order valence-electron chi connectivity index (χ3n) is 5.72. The Hall–Kier alpha value is -3.76. The number of carbonyl (C=O) groups excluding carboxylic acids is 2. The first-order chi connectivity index (χ1) is 15.2. The van der Waals surface area contributed by atoms with Crippen LogP contribution >= 0.6 is 0 Å². The Bertz CT molecular complexity index is 978. The Morgan fingerprint density at radius 3 is 2.55 bits per heavy atom. The number of urea groups is 1. The van der Waals surface area contributed by atoms with E-state index in [-0.39, 0.29) is 24.0 Å². The molecule has 2 fully saturated rings. The maximum atomic E-state index is 13.1. The molecule has 31 heavy (non-hydrogen) atoms. The lowest BCUT2D eigenvalue weighted by Crippen LogP contribution is -2.52. The minimum absolute atomic E-state index is 0.129. The molecule has 2 unspecified atom stereocenters. The molecule has 2 atom stereocenters. The van der Waals surface area contributed by atoms with E-state index in [1.165, 1.54) is 0 Å². The molecule has 0 bridgehead atoms. The standard InChI is InChI=1S/C20H22N8O3/c29-18(26-7-9-27(10-8-26)19-22-5-2-6-23-19)17-15-12-28(13-16(15)31-25-17)20(30)24-14-3-1-4-21-11-14/h1-6,11,15-16H,7-10,12-13H2,(H,24,30). The lowest BCUT2D eigenvalue weighted by molar-refractivity contribution is -0.124. The van der Waals surface area contributed by atoms with Gasteiger partial charge in [-0.3, -0.25) is 9.78 Å². The van der Waals surface area contributed by atoms with Crippen LogP contribution in [-0.4, -0.2) is 87.8 Å². The maximum Gasteiger partial charge on any atom is 0.322 e. The third-order valence-corrected chi connectivity index (χ3v) is 5.72. The van der Waals surface area contributed by atoms with Gasteiger partial charge in [-0.15, -0.1) is 0 Å². The molecule has 2 aromatic rings. The fourth-order valence-electron chi connectivity index (χ4n) is 4.06. The summed E-state index contributed by atoms with van der Waals surface area (Å²) < 4.78 is 0. The number of likely N-dealkylation sites (tertiary alicyclic amines) is 1. The van der Waals surface area contributed by atoms with Crippen LogP contribution in [0, 0.1) is 5.92 Å². The molecule has 160 valence electrons. The lowest BCUT2D eigenvalue weighted by atomic mass is 9.99. The van der Waals surface area contributed by atoms with Crippen LogP contribution in [0.5, 0.6) is 0 Å². The molecule has 5 rings (SSSR count). The number of rotatable bonds is 3. The van der Waals surface area contributed by atoms with Crippen molar-refractivity contribution in [1.29, 1.82) is 0 Å². The average Bonchev–Trinajstić information content (AvgIpc) is 3.41. The van der Waals surface area contributed by atoms with Crippen LogP contribution in [0.15, 0.2) is 48.1 Å². The first-order valence-corrected chi connectivity index (χ1v) is 10.2. The van der Waals surface area contributed by atoms with Gasteiger partial charge in [0.15, 0.2) is 11.8 Å². The summed E-state index contributed by atoms with van der Waals surface area (Å²) in [4.78, 5) is 49.2. The van der Waals surface area contributed by atoms with Gasteiger partial charge in [-0.2, -0.15) is 0 Å². The van der Waals surface area contributed by atoms with E-state index >= 15 is 0 Å². The molecule has 2 aromatic heterocycles. The largest absolute Gasteiger partial charge is 0.389 e. The smallest absolute Gasteiger partial charge is 0.322 e. The molecule has 0 spiro atoms. The van der Waals surface area contributed by atoms with E-state index in [1.54, 1.807) is 52.8 Å². The van der Waals surface area contributed by atoms with Gasteiger partial charge in [-0.25, -0.2) is 14.8 Å². The summed E-state index contributed by atoms with van der Waals surface area (Å²) in [7, 11) is 0. The summed E-state index contributed by atoms with van der Waals surface area (Å²) in [5.41, 5.74) is 1.02. The highest BCUT2D eigenvalue weighted by molar-refractivity contribution is 6.40. The second kappa shape index (κ2) is 8.17. The van der Waals surface area contributed by atoms with E-state index in [9.17, 15) is 9.59 Å². The molecule has 3 aliphatic rings. The van der Waals surface area contributed by atoms with Gasteiger partial charge in [-0.1, -0.05) is 5.16 Å². The Morgan fingerprint density at radius 1 is 1.00 bits per heavy atom. The van der Waals surface area contributed by atoms with Crippen LogP contribution in [0.2, 0.25) is 0 Å². The molecule has 3 aliphatic heterocycles. The van der Waals surface area contributed by atoms with Gasteiger partial charge in [0.25, 0.3) is 5.91 Å². The van der Waals surface area contributed by atoms with Crippen molar-refractivity contribution in [2.45, 2.75) is 6.10 Å². The number of oxime groups is 1. The fraction of sp³-hybridized carbons (Fsp3) is 0.400. The molecular formula is C20H22N8O3. The predicted molar refractivity (Wildman–Crippen MR) is 111 cm³/mol. The Kier molecular flexibility index (Phi) is 5.06. The van der Waals surface area contributed by atoms with E-state index in [0.717, 1.165) is 0 Å². The first kappa shape index (κ1) is 19.2. The van der Waals surface area contributed by atoms with Gasteiger partial charge in [0, 0.05) is 51.3 Å². The van der Waals surface area contributed by atoms with Gasteiger partial charge < -0.3 is 24.9 Å². The molecule has 0 radical (unpaired) electrons. The van der Waals surface area contributed by atoms with Crippen molar-refractivity contribution in [3.05, 3.63) is 43.0 Å². The summed E-state index contributed by atoms with van der Waals surface area (Å²) in [5.74, 6) is 0.320. The minimum Gasteiger partial charge on any atom is -0.389 e. The van der Waals surface area contributed by atoms with Crippen LogP contribution in [-0.2, 0) is 9.63 Å². The summed E-state index contributed by atoms with van der Waals surface area (Å²) in [6.07, 6.45) is 6.35. The van der Waals surface area contributed by atoms with Crippen molar-refractivity contribution >= 4 is 29.3 Å². The number of aromatic nitrogens is 3. The number of nitrogens with one attached hydrogen (secondary N) is 1. The second-order valence-electron chi connectivity index (χ2n) is 7.63. The summed E-state index contributed by atoms with van der Waals surface area (Å²) in [5, 5.41) is 6.89. The first-order valence-electron chi connectivity index (χ1n) is 10.2. The predicted octanol–water partition coefficient (Wildman–Crippen LogP) is 0.439. The third kappa shape index (κ3) is 3.86. The van der Waals surface area contributed by atoms with Crippen LogP contribution < -0.4 is 10.2 Å². The Labute approximate surface area is 178 Å². The highest BCUT2D eigenvalue weighted by Gasteiger charge is 2.47. The minimum atomic E-state index is -0.294. The Balaban J connectivity index is 1.17. The van der Waals surface area contributed by atoms with E-state index in [2.05, 4.69) is 30.3 Å². The van der Waals surface area contributed by atoms with E-state index in [0.29, 0.717) is 56.6 Å². The molecule has 0 saturated carbocycles. The van der Waals surface area contributed by atoms with Crippen LogP contribution in [0.25, 0.3) is 0 Å². The number of piperazine rings is 1. The number of carbonyl (C=O) groups is 2. The maximum absolute atomic E-state index is 13.1. The van der Waals surface area contributed by atoms with E-state index < -0.39 is 0 Å². The van der Waals surface area contributed by atoms with Crippen LogP contribution in [0.1, 0.15) is 0 Å². The second-order valence-corrected chi connectivity index (χ2v) is 7.63. The van der Waals surface area contributed by atoms with E-state index in [4.69, 9.17) is 4.84 Å². The lowest BCUT2D eigenvalue weighted by Gasteiger charge is -2.34. The molecule has 3 amide bonds. The molecule has 0 aliphatic carbocycles. The Morgan fingerprint density at radius 2 is 1.81 bits per heavy atom. The molecule has 2 saturated heterocycles. The number of pyridine rings is 1. The fourth-order valence-corrected chi connectivity index (χ4v) is 4.06. The molecule has 11 heteroatoms. The monoisotopic (exact) mass is 422 g/mol. The van der Waals surface area contributed by atoms with Gasteiger partial charge >= 0.3 is 6.03 Å². The molecule has 5 heterocycles. The van der Waals surface area contributed by atoms with Gasteiger partial charge in [0.1, 0.15) is 0 Å². The van der Waals surface area contributed by atoms with Crippen molar-refractivity contribution in [2.75, 3.05) is 49.5 Å². The van der Waals surface area contributed by atoms with E-state index in [1.807, 2.05) is 0 Å². The number of nitrogens with zero attached hydrogens (tertiary/aromatic N) is 7. The zero-order chi connectivity index (χ0) is 21.2. The van der Waals surface area contributed by atoms with Crippen molar-refractivity contribution < 1.29 is 14.4 Å². The number of fused-ring (bicyclic) bond motifs is 1. The SMILES string of the molecule is O=C(Nc1cccnc1)N1CC2ON=C(C(=O)N3CCN(c4ncccn4)CC3)C2C1. The highest BCUT2D eigenvalue weighted by atomic mass is 16.6. The number of anilines is 2. The van der Waals surface area contributed by atoms with Crippen LogP contribution in [0.4, 0.5) is 16.4 Å².